The highest BCUT2D eigenvalue weighted by Gasteiger charge is 2.13. The molecule has 1 heterocycles. The maximum Gasteiger partial charge on any atom is 0.321 e. The van der Waals surface area contributed by atoms with Crippen molar-refractivity contribution in [2.24, 2.45) is 0 Å². The van der Waals surface area contributed by atoms with Crippen molar-refractivity contribution in [1.29, 1.82) is 0 Å². The van der Waals surface area contributed by atoms with Gasteiger partial charge in [-0.05, 0) is 25.1 Å². The number of hydrogen-bond acceptors (Lipinski definition) is 3. The van der Waals surface area contributed by atoms with E-state index in [1.165, 1.54) is 9.80 Å². The summed E-state index contributed by atoms with van der Waals surface area (Å²) in [6, 6.07) is 6.59. The third kappa shape index (κ3) is 4.32. The zero-order chi connectivity index (χ0) is 17.0. The summed E-state index contributed by atoms with van der Waals surface area (Å²) in [5.41, 5.74) is 2.05. The molecule has 0 aliphatic heterocycles. The van der Waals surface area contributed by atoms with E-state index in [1.54, 1.807) is 51.6 Å². The largest absolute Gasteiger partial charge is 0.345 e. The minimum absolute atomic E-state index is 0.111. The summed E-state index contributed by atoms with van der Waals surface area (Å²) < 4.78 is 0. The molecule has 2 N–H and O–H groups in total. The average molecular weight is 315 g/mol. The molecule has 0 saturated heterocycles. The summed E-state index contributed by atoms with van der Waals surface area (Å²) >= 11 is 0. The van der Waals surface area contributed by atoms with Gasteiger partial charge in [-0.15, -0.1) is 0 Å². The van der Waals surface area contributed by atoms with E-state index in [1.807, 2.05) is 6.92 Å². The summed E-state index contributed by atoms with van der Waals surface area (Å²) in [6.45, 7) is 2.28. The molecule has 0 spiro atoms. The Kier molecular flexibility index (Phi) is 5.00. The predicted octanol–water partition coefficient (Wildman–Crippen LogP) is 2.08. The van der Waals surface area contributed by atoms with Crippen LogP contribution in [0.3, 0.4) is 0 Å². The molecule has 3 amide bonds. The Bertz CT molecular complexity index is 708. The van der Waals surface area contributed by atoms with Gasteiger partial charge >= 0.3 is 6.03 Å². The molecule has 0 radical (unpaired) electrons. The minimum Gasteiger partial charge on any atom is -0.345 e. The lowest BCUT2D eigenvalue weighted by Gasteiger charge is -2.17. The highest BCUT2D eigenvalue weighted by atomic mass is 16.2. The smallest absolute Gasteiger partial charge is 0.321 e. The number of urea groups is 1. The average Bonchev–Trinajstić information content (AvgIpc) is 2.91. The van der Waals surface area contributed by atoms with Crippen LogP contribution < -0.4 is 5.32 Å². The van der Waals surface area contributed by atoms with E-state index in [-0.39, 0.29) is 11.9 Å². The number of nitrogens with one attached hydrogen (secondary N) is 2. The van der Waals surface area contributed by atoms with Crippen LogP contribution in [0.4, 0.5) is 10.5 Å². The van der Waals surface area contributed by atoms with Gasteiger partial charge in [0.2, 0.25) is 0 Å². The van der Waals surface area contributed by atoms with Crippen LogP contribution in [0.25, 0.3) is 0 Å². The number of aryl methyl sites for hydroxylation is 1. The van der Waals surface area contributed by atoms with Gasteiger partial charge in [0.15, 0.2) is 0 Å². The molecular formula is C16H21N5O2. The van der Waals surface area contributed by atoms with Crippen molar-refractivity contribution in [3.05, 3.63) is 47.5 Å². The molecular weight excluding hydrogens is 294 g/mol. The summed E-state index contributed by atoms with van der Waals surface area (Å²) in [7, 11) is 5.06. The van der Waals surface area contributed by atoms with Crippen molar-refractivity contribution < 1.29 is 9.59 Å². The maximum atomic E-state index is 12.2. The fourth-order valence-electron chi connectivity index (χ4n) is 2.05. The summed E-state index contributed by atoms with van der Waals surface area (Å²) in [5, 5.41) is 2.78. The second-order valence-electron chi connectivity index (χ2n) is 5.58. The number of carbonyl (C=O) groups excluding carboxylic acids is 2. The number of aromatic nitrogens is 2. The van der Waals surface area contributed by atoms with Gasteiger partial charge in [-0.2, -0.15) is 0 Å². The van der Waals surface area contributed by atoms with E-state index in [2.05, 4.69) is 15.3 Å². The Morgan fingerprint density at radius 3 is 2.61 bits per heavy atom. The van der Waals surface area contributed by atoms with Gasteiger partial charge in [-0.25, -0.2) is 9.78 Å². The molecule has 2 rings (SSSR count). The number of benzene rings is 1. The number of H-pyrrole nitrogens is 1. The summed E-state index contributed by atoms with van der Waals surface area (Å²) in [6.07, 6.45) is 1.72. The van der Waals surface area contributed by atoms with Crippen LogP contribution in [0.2, 0.25) is 0 Å². The van der Waals surface area contributed by atoms with E-state index >= 15 is 0 Å². The van der Waals surface area contributed by atoms with Crippen molar-refractivity contribution >= 4 is 17.6 Å². The molecule has 0 atom stereocenters. The number of carbonyl (C=O) groups is 2. The van der Waals surface area contributed by atoms with Crippen LogP contribution in [-0.2, 0) is 6.54 Å². The Labute approximate surface area is 135 Å². The Hall–Kier alpha value is -2.83. The van der Waals surface area contributed by atoms with Gasteiger partial charge in [0.05, 0.1) is 6.54 Å². The molecule has 7 heteroatoms. The Morgan fingerprint density at radius 2 is 2.00 bits per heavy atom. The first-order chi connectivity index (χ1) is 10.9. The quantitative estimate of drug-likeness (QED) is 0.906. The molecule has 0 aliphatic rings. The second kappa shape index (κ2) is 6.95. The van der Waals surface area contributed by atoms with Crippen LogP contribution in [0, 0.1) is 6.92 Å². The first-order valence-corrected chi connectivity index (χ1v) is 7.21. The van der Waals surface area contributed by atoms with E-state index in [4.69, 9.17) is 0 Å². The Balaban J connectivity index is 2.02. The molecule has 122 valence electrons. The van der Waals surface area contributed by atoms with Gasteiger partial charge in [-0.1, -0.05) is 6.07 Å². The molecule has 1 aromatic heterocycles. The van der Waals surface area contributed by atoms with Gasteiger partial charge < -0.3 is 20.1 Å². The van der Waals surface area contributed by atoms with E-state index in [0.717, 1.165) is 11.5 Å². The van der Waals surface area contributed by atoms with Gasteiger partial charge in [0, 0.05) is 44.3 Å². The maximum absolute atomic E-state index is 12.2. The van der Waals surface area contributed by atoms with Crippen molar-refractivity contribution in [3.63, 3.8) is 0 Å². The SMILES string of the molecule is Cc1cnc(CN(C)C(=O)Nc2cccc(C(=O)N(C)C)c2)[nH]1. The summed E-state index contributed by atoms with van der Waals surface area (Å²) in [4.78, 5) is 34.4. The number of aromatic amines is 1. The first kappa shape index (κ1) is 16.5. The lowest BCUT2D eigenvalue weighted by atomic mass is 10.2. The van der Waals surface area contributed by atoms with Crippen LogP contribution in [0.15, 0.2) is 30.5 Å². The monoisotopic (exact) mass is 315 g/mol. The van der Waals surface area contributed by atoms with Crippen LogP contribution >= 0.6 is 0 Å². The molecule has 1 aromatic carbocycles. The molecule has 0 saturated carbocycles. The van der Waals surface area contributed by atoms with Gasteiger partial charge in [0.1, 0.15) is 5.82 Å². The van der Waals surface area contributed by atoms with Crippen molar-refractivity contribution in [3.8, 4) is 0 Å². The molecule has 0 aliphatic carbocycles. The van der Waals surface area contributed by atoms with Crippen LogP contribution in [0.1, 0.15) is 21.9 Å². The number of anilines is 1. The molecule has 7 nitrogen and oxygen atoms in total. The van der Waals surface area contributed by atoms with E-state index in [0.29, 0.717) is 17.8 Å². The first-order valence-electron chi connectivity index (χ1n) is 7.21. The Morgan fingerprint density at radius 1 is 1.26 bits per heavy atom. The van der Waals surface area contributed by atoms with E-state index in [9.17, 15) is 9.59 Å². The van der Waals surface area contributed by atoms with Crippen molar-refractivity contribution in [2.45, 2.75) is 13.5 Å². The zero-order valence-electron chi connectivity index (χ0n) is 13.8. The van der Waals surface area contributed by atoms with Crippen molar-refractivity contribution in [1.82, 2.24) is 19.8 Å². The number of amides is 3. The van der Waals surface area contributed by atoms with Gasteiger partial charge in [0.25, 0.3) is 5.91 Å². The molecule has 0 bridgehead atoms. The van der Waals surface area contributed by atoms with E-state index < -0.39 is 0 Å². The predicted molar refractivity (Wildman–Crippen MR) is 88.3 cm³/mol. The topological polar surface area (TPSA) is 81.3 Å². The number of imidazole rings is 1. The zero-order valence-corrected chi connectivity index (χ0v) is 13.8. The highest BCUT2D eigenvalue weighted by Crippen LogP contribution is 2.13. The lowest BCUT2D eigenvalue weighted by Crippen LogP contribution is -2.31. The second-order valence-corrected chi connectivity index (χ2v) is 5.58. The fraction of sp³-hybridized carbons (Fsp3) is 0.312. The molecule has 0 unspecified atom stereocenters. The number of nitrogens with zero attached hydrogens (tertiary/aromatic N) is 3. The molecule has 0 fully saturated rings. The van der Waals surface area contributed by atoms with Crippen molar-refractivity contribution in [2.75, 3.05) is 26.5 Å². The molecule has 23 heavy (non-hydrogen) atoms. The van der Waals surface area contributed by atoms with Crippen LogP contribution in [0.5, 0.6) is 0 Å². The third-order valence-electron chi connectivity index (χ3n) is 3.26. The molecule has 2 aromatic rings. The normalized spacial score (nSPS) is 10.3. The van der Waals surface area contributed by atoms with Crippen LogP contribution in [-0.4, -0.2) is 52.8 Å². The highest BCUT2D eigenvalue weighted by molar-refractivity contribution is 5.96. The third-order valence-corrected chi connectivity index (χ3v) is 3.26. The van der Waals surface area contributed by atoms with Gasteiger partial charge in [-0.3, -0.25) is 4.79 Å². The minimum atomic E-state index is -0.270. The fourth-order valence-corrected chi connectivity index (χ4v) is 2.05. The number of hydrogen-bond donors (Lipinski definition) is 2. The summed E-state index contributed by atoms with van der Waals surface area (Å²) in [5.74, 6) is 0.609. The number of rotatable bonds is 4. The standard InChI is InChI=1S/C16H21N5O2/c1-11-9-17-14(18-11)10-21(4)16(23)19-13-7-5-6-12(8-13)15(22)20(2)3/h5-9H,10H2,1-4H3,(H,17,18)(H,19,23). The lowest BCUT2D eigenvalue weighted by molar-refractivity contribution is 0.0827.